The van der Waals surface area contributed by atoms with E-state index >= 15 is 0 Å². The fourth-order valence-electron chi connectivity index (χ4n) is 1.64. The molecule has 0 atom stereocenters. The van der Waals surface area contributed by atoms with Gasteiger partial charge in [-0.1, -0.05) is 0 Å². The normalized spacial score (nSPS) is 18.5. The number of hydrogen-bond donors (Lipinski definition) is 1. The van der Waals surface area contributed by atoms with Gasteiger partial charge in [-0.2, -0.15) is 0 Å². The summed E-state index contributed by atoms with van der Waals surface area (Å²) in [5, 5.41) is 2.87. The Morgan fingerprint density at radius 3 is 2.35 bits per heavy atom. The van der Waals surface area contributed by atoms with Crippen LogP contribution in [0.15, 0.2) is 0 Å². The molecule has 1 heterocycles. The Morgan fingerprint density at radius 1 is 1.24 bits per heavy atom. The van der Waals surface area contributed by atoms with Crippen molar-refractivity contribution in [3.8, 4) is 0 Å². The van der Waals surface area contributed by atoms with E-state index in [1.54, 1.807) is 13.8 Å². The second kappa shape index (κ2) is 8.19. The maximum Gasteiger partial charge on any atom is 0.405 e. The molecule has 17 heavy (non-hydrogen) atoms. The van der Waals surface area contributed by atoms with E-state index in [2.05, 4.69) is 9.99 Å². The smallest absolute Gasteiger partial charge is 0.379 e. The molecule has 1 saturated heterocycles. The Kier molecular flexibility index (Phi) is 7.27. The molecule has 1 rings (SSSR count). The first-order chi connectivity index (χ1) is 8.20. The van der Waals surface area contributed by atoms with Crippen LogP contribution < -0.4 is 5.09 Å². The molecule has 0 amide bonds. The maximum absolute atomic E-state index is 12.1. The lowest BCUT2D eigenvalue weighted by atomic mass is 10.4. The lowest BCUT2D eigenvalue weighted by Gasteiger charge is -2.27. The van der Waals surface area contributed by atoms with Gasteiger partial charge < -0.3 is 4.74 Å². The number of nitrogens with one attached hydrogen (secondary N) is 1. The van der Waals surface area contributed by atoms with Crippen molar-refractivity contribution in [2.24, 2.45) is 0 Å². The molecule has 0 radical (unpaired) electrons. The first-order valence-corrected chi connectivity index (χ1v) is 7.69. The van der Waals surface area contributed by atoms with Crippen molar-refractivity contribution in [2.45, 2.75) is 13.8 Å². The predicted molar refractivity (Wildman–Crippen MR) is 66.1 cm³/mol. The summed E-state index contributed by atoms with van der Waals surface area (Å²) in [6.07, 6.45) is 0. The Morgan fingerprint density at radius 2 is 1.82 bits per heavy atom. The molecule has 1 fully saturated rings. The van der Waals surface area contributed by atoms with Crippen molar-refractivity contribution in [1.29, 1.82) is 0 Å². The van der Waals surface area contributed by atoms with E-state index in [0.29, 0.717) is 19.8 Å². The summed E-state index contributed by atoms with van der Waals surface area (Å²) in [7, 11) is -3.09. The summed E-state index contributed by atoms with van der Waals surface area (Å²) in [4.78, 5) is 2.26. The Labute approximate surface area is 103 Å². The van der Waals surface area contributed by atoms with E-state index in [0.717, 1.165) is 32.8 Å². The second-order valence-electron chi connectivity index (χ2n) is 3.70. The van der Waals surface area contributed by atoms with Crippen molar-refractivity contribution in [3.63, 3.8) is 0 Å². The molecule has 0 bridgehead atoms. The van der Waals surface area contributed by atoms with Crippen molar-refractivity contribution in [2.75, 3.05) is 52.6 Å². The summed E-state index contributed by atoms with van der Waals surface area (Å²) in [5.41, 5.74) is 0. The fourth-order valence-corrected chi connectivity index (χ4v) is 2.95. The molecule has 0 aromatic heterocycles. The van der Waals surface area contributed by atoms with Crippen LogP contribution in [0.2, 0.25) is 0 Å². The van der Waals surface area contributed by atoms with Gasteiger partial charge in [0.1, 0.15) is 0 Å². The van der Waals surface area contributed by atoms with Gasteiger partial charge in [0.15, 0.2) is 0 Å². The highest BCUT2D eigenvalue weighted by Crippen LogP contribution is 2.42. The molecule has 1 aliphatic heterocycles. The van der Waals surface area contributed by atoms with Crippen LogP contribution in [0.5, 0.6) is 0 Å². The van der Waals surface area contributed by atoms with Gasteiger partial charge >= 0.3 is 7.75 Å². The molecular formula is C10H23N2O4P. The lowest BCUT2D eigenvalue weighted by Crippen LogP contribution is -2.40. The van der Waals surface area contributed by atoms with Crippen LogP contribution in [-0.2, 0) is 18.3 Å². The summed E-state index contributed by atoms with van der Waals surface area (Å²) >= 11 is 0. The Hall–Kier alpha value is 0.0300. The van der Waals surface area contributed by atoms with Gasteiger partial charge in [-0.15, -0.1) is 0 Å². The minimum Gasteiger partial charge on any atom is -0.379 e. The topological polar surface area (TPSA) is 60.0 Å². The highest BCUT2D eigenvalue weighted by atomic mass is 31.2. The average Bonchev–Trinajstić information content (AvgIpc) is 2.31. The van der Waals surface area contributed by atoms with E-state index in [-0.39, 0.29) is 0 Å². The minimum atomic E-state index is -3.09. The van der Waals surface area contributed by atoms with Crippen LogP contribution in [0.25, 0.3) is 0 Å². The molecule has 0 aliphatic carbocycles. The summed E-state index contributed by atoms with van der Waals surface area (Å²) < 4.78 is 27.6. The van der Waals surface area contributed by atoms with Gasteiger partial charge in [0.25, 0.3) is 0 Å². The molecule has 6 nitrogen and oxygen atoms in total. The largest absolute Gasteiger partial charge is 0.405 e. The van der Waals surface area contributed by atoms with Crippen molar-refractivity contribution in [3.05, 3.63) is 0 Å². The number of nitrogens with zero attached hydrogens (tertiary/aromatic N) is 1. The summed E-state index contributed by atoms with van der Waals surface area (Å²) in [6.45, 7) is 9.17. The Bertz CT molecular complexity index is 236. The molecule has 102 valence electrons. The van der Waals surface area contributed by atoms with Crippen molar-refractivity contribution >= 4 is 7.75 Å². The molecule has 0 saturated carbocycles. The molecule has 1 N–H and O–H groups in total. The van der Waals surface area contributed by atoms with E-state index in [9.17, 15) is 4.57 Å². The number of rotatable bonds is 8. The van der Waals surface area contributed by atoms with E-state index in [1.807, 2.05) is 0 Å². The molecule has 0 aromatic rings. The van der Waals surface area contributed by atoms with Crippen LogP contribution >= 0.6 is 7.75 Å². The predicted octanol–water partition coefficient (Wildman–Crippen LogP) is 1.09. The monoisotopic (exact) mass is 266 g/mol. The number of hydrogen-bond acceptors (Lipinski definition) is 5. The summed E-state index contributed by atoms with van der Waals surface area (Å²) in [5.74, 6) is 0. The SMILES string of the molecule is CCOP(=O)(NCCN1CCOCC1)OCC. The minimum absolute atomic E-state index is 0.377. The third-order valence-corrected chi connectivity index (χ3v) is 4.24. The van der Waals surface area contributed by atoms with Crippen LogP contribution in [0, 0.1) is 0 Å². The van der Waals surface area contributed by atoms with E-state index in [1.165, 1.54) is 0 Å². The van der Waals surface area contributed by atoms with Gasteiger partial charge in [0.05, 0.1) is 26.4 Å². The van der Waals surface area contributed by atoms with Gasteiger partial charge in [-0.25, -0.2) is 9.65 Å². The molecule has 1 aliphatic rings. The third-order valence-electron chi connectivity index (χ3n) is 2.44. The number of ether oxygens (including phenoxy) is 1. The Balaban J connectivity index is 2.23. The van der Waals surface area contributed by atoms with E-state index < -0.39 is 7.75 Å². The zero-order valence-corrected chi connectivity index (χ0v) is 11.6. The van der Waals surface area contributed by atoms with E-state index in [4.69, 9.17) is 13.8 Å². The van der Waals surface area contributed by atoms with Gasteiger partial charge in [0.2, 0.25) is 0 Å². The zero-order chi connectivity index (χ0) is 12.6. The van der Waals surface area contributed by atoms with Gasteiger partial charge in [-0.05, 0) is 13.8 Å². The highest BCUT2D eigenvalue weighted by molar-refractivity contribution is 7.51. The molecular weight excluding hydrogens is 243 g/mol. The maximum atomic E-state index is 12.1. The fraction of sp³-hybridized carbons (Fsp3) is 1.00. The molecule has 0 spiro atoms. The standard InChI is InChI=1S/C10H23N2O4P/c1-3-15-17(13,16-4-2)11-5-6-12-7-9-14-10-8-12/h3-10H2,1-2H3,(H,11,13). The molecule has 0 aromatic carbocycles. The zero-order valence-electron chi connectivity index (χ0n) is 10.7. The summed E-state index contributed by atoms with van der Waals surface area (Å²) in [6, 6.07) is 0. The van der Waals surface area contributed by atoms with Gasteiger partial charge in [-0.3, -0.25) is 13.9 Å². The first kappa shape index (κ1) is 15.1. The van der Waals surface area contributed by atoms with Crippen LogP contribution in [-0.4, -0.2) is 57.5 Å². The number of morpholine rings is 1. The van der Waals surface area contributed by atoms with Crippen LogP contribution in [0.4, 0.5) is 0 Å². The highest BCUT2D eigenvalue weighted by Gasteiger charge is 2.22. The lowest BCUT2D eigenvalue weighted by molar-refractivity contribution is 0.0387. The second-order valence-corrected chi connectivity index (χ2v) is 5.52. The van der Waals surface area contributed by atoms with Crippen LogP contribution in [0.3, 0.4) is 0 Å². The average molecular weight is 266 g/mol. The quantitative estimate of drug-likeness (QED) is 0.664. The van der Waals surface area contributed by atoms with Crippen LogP contribution in [0.1, 0.15) is 13.8 Å². The first-order valence-electron chi connectivity index (χ1n) is 6.14. The van der Waals surface area contributed by atoms with Crippen molar-refractivity contribution in [1.82, 2.24) is 9.99 Å². The van der Waals surface area contributed by atoms with Gasteiger partial charge in [0, 0.05) is 26.2 Å². The van der Waals surface area contributed by atoms with Crippen molar-refractivity contribution < 1.29 is 18.3 Å². The third kappa shape index (κ3) is 5.95. The molecule has 0 unspecified atom stereocenters. The molecule has 7 heteroatoms.